The van der Waals surface area contributed by atoms with Gasteiger partial charge in [0.05, 0.1) is 10.4 Å². The lowest BCUT2D eigenvalue weighted by Gasteiger charge is -2.26. The van der Waals surface area contributed by atoms with Gasteiger partial charge in [-0.05, 0) is 40.6 Å². The maximum atomic E-state index is 12.6. The van der Waals surface area contributed by atoms with Crippen LogP contribution in [0.5, 0.6) is 5.75 Å². The summed E-state index contributed by atoms with van der Waals surface area (Å²) in [7, 11) is 0. The zero-order valence-electron chi connectivity index (χ0n) is 14.1. The first-order valence-corrected chi connectivity index (χ1v) is 9.30. The van der Waals surface area contributed by atoms with E-state index in [0.29, 0.717) is 11.8 Å². The third-order valence-electron chi connectivity index (χ3n) is 4.66. The normalized spacial score (nSPS) is 14.5. The molecule has 132 valence electrons. The highest BCUT2D eigenvalue weighted by Crippen LogP contribution is 2.33. The number of phenolic OH excluding ortho intramolecular Hbond substituents is 1. The second-order valence-corrected chi connectivity index (χ2v) is 7.34. The number of thiophene rings is 1. The topological polar surface area (TPSA) is 69.6 Å². The van der Waals surface area contributed by atoms with E-state index in [2.05, 4.69) is 5.32 Å². The van der Waals surface area contributed by atoms with Crippen LogP contribution in [0.4, 0.5) is 0 Å². The Morgan fingerprint density at radius 3 is 2.69 bits per heavy atom. The van der Waals surface area contributed by atoms with Gasteiger partial charge >= 0.3 is 0 Å². The van der Waals surface area contributed by atoms with Gasteiger partial charge in [-0.25, -0.2) is 0 Å². The predicted octanol–water partition coefficient (Wildman–Crippen LogP) is 3.13. The number of carbonyl (C=O) groups excluding carboxylic acids is 2. The molecule has 1 saturated heterocycles. The van der Waals surface area contributed by atoms with Crippen molar-refractivity contribution in [3.63, 3.8) is 0 Å². The Morgan fingerprint density at radius 1 is 1.12 bits per heavy atom. The average molecular weight is 366 g/mol. The number of rotatable bonds is 3. The van der Waals surface area contributed by atoms with Gasteiger partial charge < -0.3 is 15.3 Å². The van der Waals surface area contributed by atoms with Crippen LogP contribution < -0.4 is 5.32 Å². The van der Waals surface area contributed by atoms with Gasteiger partial charge in [0, 0.05) is 31.1 Å². The fourth-order valence-corrected chi connectivity index (χ4v) is 4.22. The Bertz CT molecular complexity index is 990. The first-order chi connectivity index (χ1) is 12.7. The minimum atomic E-state index is -0.0136. The third-order valence-corrected chi connectivity index (χ3v) is 5.78. The molecule has 0 atom stereocenters. The molecule has 0 radical (unpaired) electrons. The summed E-state index contributed by atoms with van der Waals surface area (Å²) >= 11 is 1.48. The molecule has 6 heteroatoms. The minimum absolute atomic E-state index is 0.0136. The number of amides is 1. The number of nitrogens with one attached hydrogen (secondary N) is 1. The summed E-state index contributed by atoms with van der Waals surface area (Å²) in [5.74, 6) is 0.0666. The van der Waals surface area contributed by atoms with Gasteiger partial charge in [0.15, 0.2) is 6.29 Å². The van der Waals surface area contributed by atoms with E-state index in [1.165, 1.54) is 17.4 Å². The van der Waals surface area contributed by atoms with E-state index >= 15 is 0 Å². The van der Waals surface area contributed by atoms with Gasteiger partial charge in [0.2, 0.25) is 0 Å². The van der Waals surface area contributed by atoms with Crippen LogP contribution in [-0.2, 0) is 0 Å². The second kappa shape index (κ2) is 6.90. The van der Waals surface area contributed by atoms with Crippen molar-refractivity contribution in [2.24, 2.45) is 0 Å². The fraction of sp³-hybridized carbons (Fsp3) is 0.200. The number of fused-ring (bicyclic) bond motifs is 1. The zero-order chi connectivity index (χ0) is 18.1. The fourth-order valence-electron chi connectivity index (χ4n) is 3.25. The van der Waals surface area contributed by atoms with Gasteiger partial charge in [-0.15, -0.1) is 11.3 Å². The highest BCUT2D eigenvalue weighted by atomic mass is 32.1. The van der Waals surface area contributed by atoms with E-state index in [0.717, 1.165) is 52.3 Å². The van der Waals surface area contributed by atoms with Crippen LogP contribution in [0.3, 0.4) is 0 Å². The Balaban J connectivity index is 1.66. The van der Waals surface area contributed by atoms with Crippen molar-refractivity contribution in [3.05, 3.63) is 52.9 Å². The lowest BCUT2D eigenvalue weighted by molar-refractivity contribution is 0.0740. The van der Waals surface area contributed by atoms with Crippen molar-refractivity contribution >= 4 is 34.3 Å². The largest absolute Gasteiger partial charge is 0.507 e. The lowest BCUT2D eigenvalue weighted by Crippen LogP contribution is -2.46. The van der Waals surface area contributed by atoms with Crippen molar-refractivity contribution in [2.75, 3.05) is 26.2 Å². The van der Waals surface area contributed by atoms with E-state index in [1.54, 1.807) is 6.07 Å². The molecule has 1 aliphatic heterocycles. The van der Waals surface area contributed by atoms with Crippen LogP contribution >= 0.6 is 11.3 Å². The maximum Gasteiger partial charge on any atom is 0.264 e. The Labute approximate surface area is 154 Å². The molecule has 0 aliphatic carbocycles. The van der Waals surface area contributed by atoms with Crippen LogP contribution in [0.25, 0.3) is 21.2 Å². The molecule has 4 rings (SSSR count). The molecule has 1 aromatic heterocycles. The summed E-state index contributed by atoms with van der Waals surface area (Å²) in [6.45, 7) is 3.14. The first kappa shape index (κ1) is 16.8. The molecule has 0 spiro atoms. The molecule has 1 aliphatic rings. The quantitative estimate of drug-likeness (QED) is 0.699. The summed E-state index contributed by atoms with van der Waals surface area (Å²) in [5.41, 5.74) is 1.29. The molecule has 26 heavy (non-hydrogen) atoms. The molecular weight excluding hydrogens is 348 g/mol. The van der Waals surface area contributed by atoms with E-state index in [9.17, 15) is 14.7 Å². The average Bonchev–Trinajstić information content (AvgIpc) is 3.18. The van der Waals surface area contributed by atoms with Crippen molar-refractivity contribution in [3.8, 4) is 16.2 Å². The molecule has 2 aromatic carbocycles. The van der Waals surface area contributed by atoms with Gasteiger partial charge in [0.1, 0.15) is 5.75 Å². The number of benzene rings is 2. The van der Waals surface area contributed by atoms with E-state index < -0.39 is 0 Å². The number of piperazine rings is 1. The van der Waals surface area contributed by atoms with Crippen molar-refractivity contribution in [1.82, 2.24) is 10.2 Å². The van der Waals surface area contributed by atoms with Crippen LogP contribution in [-0.4, -0.2) is 48.4 Å². The van der Waals surface area contributed by atoms with Crippen molar-refractivity contribution in [1.29, 1.82) is 0 Å². The minimum Gasteiger partial charge on any atom is -0.507 e. The lowest BCUT2D eigenvalue weighted by atomic mass is 10.0. The summed E-state index contributed by atoms with van der Waals surface area (Å²) in [5, 5.41) is 14.7. The number of hydrogen-bond acceptors (Lipinski definition) is 5. The standard InChI is InChI=1S/C20H18N2O3S/c23-12-16-15-3-1-14(11-13(15)2-4-17(16)24)18-5-6-19(26-18)20(25)22-9-7-21-8-10-22/h1-6,11-12,21,24H,7-10H2. The highest BCUT2D eigenvalue weighted by molar-refractivity contribution is 7.17. The molecule has 2 N–H and O–H groups in total. The molecule has 3 aromatic rings. The molecule has 0 bridgehead atoms. The molecule has 0 saturated carbocycles. The molecule has 0 unspecified atom stereocenters. The predicted molar refractivity (Wildman–Crippen MR) is 103 cm³/mol. The highest BCUT2D eigenvalue weighted by Gasteiger charge is 2.20. The van der Waals surface area contributed by atoms with Crippen LogP contribution in [0, 0.1) is 0 Å². The van der Waals surface area contributed by atoms with E-state index in [4.69, 9.17) is 0 Å². The van der Waals surface area contributed by atoms with E-state index in [1.807, 2.05) is 35.2 Å². The van der Waals surface area contributed by atoms with E-state index in [-0.39, 0.29) is 11.7 Å². The Hall–Kier alpha value is -2.70. The van der Waals surface area contributed by atoms with Crippen LogP contribution in [0.2, 0.25) is 0 Å². The number of nitrogens with zero attached hydrogens (tertiary/aromatic N) is 1. The SMILES string of the molecule is O=Cc1c(O)ccc2cc(-c3ccc(C(=O)N4CCNCC4)s3)ccc12. The van der Waals surface area contributed by atoms with Gasteiger partial charge in [-0.3, -0.25) is 9.59 Å². The molecule has 5 nitrogen and oxygen atoms in total. The number of phenols is 1. The number of carbonyl (C=O) groups is 2. The van der Waals surface area contributed by atoms with Gasteiger partial charge in [-0.2, -0.15) is 0 Å². The molecule has 1 fully saturated rings. The second-order valence-electron chi connectivity index (χ2n) is 6.26. The van der Waals surface area contributed by atoms with Crippen LogP contribution in [0.15, 0.2) is 42.5 Å². The maximum absolute atomic E-state index is 12.6. The summed E-state index contributed by atoms with van der Waals surface area (Å²) in [6, 6.07) is 12.9. The number of aromatic hydroxyl groups is 1. The number of aldehydes is 1. The van der Waals surface area contributed by atoms with Gasteiger partial charge in [-0.1, -0.05) is 18.2 Å². The summed E-state index contributed by atoms with van der Waals surface area (Å²) in [4.78, 5) is 27.5. The third kappa shape index (κ3) is 2.98. The Kier molecular flexibility index (Phi) is 4.44. The summed E-state index contributed by atoms with van der Waals surface area (Å²) in [6.07, 6.45) is 0.673. The molecule has 1 amide bonds. The smallest absolute Gasteiger partial charge is 0.264 e. The van der Waals surface area contributed by atoms with Crippen LogP contribution in [0.1, 0.15) is 20.0 Å². The van der Waals surface area contributed by atoms with Gasteiger partial charge in [0.25, 0.3) is 5.91 Å². The monoisotopic (exact) mass is 366 g/mol. The molecular formula is C20H18N2O3S. The first-order valence-electron chi connectivity index (χ1n) is 8.48. The molecule has 2 heterocycles. The van der Waals surface area contributed by atoms with Crippen molar-refractivity contribution < 1.29 is 14.7 Å². The Morgan fingerprint density at radius 2 is 1.92 bits per heavy atom. The summed E-state index contributed by atoms with van der Waals surface area (Å²) < 4.78 is 0. The van der Waals surface area contributed by atoms with Crippen molar-refractivity contribution in [2.45, 2.75) is 0 Å². The zero-order valence-corrected chi connectivity index (χ0v) is 14.9. The number of hydrogen-bond donors (Lipinski definition) is 2.